The van der Waals surface area contributed by atoms with Gasteiger partial charge in [-0.1, -0.05) is 24.3 Å². The monoisotopic (exact) mass is 360 g/mol. The predicted octanol–water partition coefficient (Wildman–Crippen LogP) is 6.69. The molecule has 0 bridgehead atoms. The highest BCUT2D eigenvalue weighted by Gasteiger charge is 2.34. The Kier molecular flexibility index (Phi) is 5.45. The Morgan fingerprint density at radius 3 is 1.96 bits per heavy atom. The Morgan fingerprint density at radius 1 is 0.846 bits per heavy atom. The highest BCUT2D eigenvalue weighted by molar-refractivity contribution is 5.32. The number of ether oxygens (including phenoxy) is 1. The molecule has 0 N–H and O–H groups in total. The third kappa shape index (κ3) is 3.74. The van der Waals surface area contributed by atoms with E-state index in [9.17, 15) is 8.78 Å². The first-order valence-corrected chi connectivity index (χ1v) is 10.4. The molecule has 3 aliphatic rings. The number of allylic oxidation sites excluding steroid dienone is 2. The summed E-state index contributed by atoms with van der Waals surface area (Å²) in [6.45, 7) is 2.62. The number of hydrogen-bond donors (Lipinski definition) is 0. The number of hydrogen-bond acceptors (Lipinski definition) is 1. The van der Waals surface area contributed by atoms with Crippen LogP contribution in [0.2, 0.25) is 0 Å². The summed E-state index contributed by atoms with van der Waals surface area (Å²) in [6.07, 6.45) is 13.9. The molecule has 142 valence electrons. The Labute approximate surface area is 155 Å². The van der Waals surface area contributed by atoms with Crippen molar-refractivity contribution in [1.82, 2.24) is 0 Å². The third-order valence-electron chi connectivity index (χ3n) is 6.98. The van der Waals surface area contributed by atoms with Gasteiger partial charge in [0.25, 0.3) is 0 Å². The number of rotatable bonds is 4. The van der Waals surface area contributed by atoms with E-state index < -0.39 is 11.6 Å². The van der Waals surface area contributed by atoms with E-state index in [1.54, 1.807) is 6.07 Å². The molecular weight excluding hydrogens is 330 g/mol. The Hall–Kier alpha value is -1.22. The molecule has 1 aliphatic heterocycles. The van der Waals surface area contributed by atoms with Gasteiger partial charge in [-0.3, -0.25) is 0 Å². The lowest BCUT2D eigenvalue weighted by Gasteiger charge is -2.37. The molecule has 2 aliphatic carbocycles. The molecule has 3 fully saturated rings. The van der Waals surface area contributed by atoms with Crippen molar-refractivity contribution in [3.63, 3.8) is 0 Å². The van der Waals surface area contributed by atoms with E-state index in [4.69, 9.17) is 4.74 Å². The van der Waals surface area contributed by atoms with Crippen LogP contribution in [0.1, 0.15) is 81.4 Å². The summed E-state index contributed by atoms with van der Waals surface area (Å²) < 4.78 is 34.0. The summed E-state index contributed by atoms with van der Waals surface area (Å²) >= 11 is 0. The topological polar surface area (TPSA) is 12.5 Å². The third-order valence-corrected chi connectivity index (χ3v) is 6.98. The molecule has 0 radical (unpaired) electrons. The maximum absolute atomic E-state index is 14.6. The first kappa shape index (κ1) is 18.2. The largest absolute Gasteiger partial charge is 0.368 e. The van der Waals surface area contributed by atoms with Crippen molar-refractivity contribution in [1.29, 1.82) is 0 Å². The molecule has 1 unspecified atom stereocenters. The zero-order valence-corrected chi connectivity index (χ0v) is 15.7. The van der Waals surface area contributed by atoms with E-state index in [1.165, 1.54) is 25.7 Å². The molecule has 1 saturated heterocycles. The van der Waals surface area contributed by atoms with Crippen LogP contribution in [-0.2, 0) is 4.74 Å². The van der Waals surface area contributed by atoms with Crippen molar-refractivity contribution in [3.05, 3.63) is 47.0 Å². The van der Waals surface area contributed by atoms with Crippen LogP contribution in [0.25, 0.3) is 0 Å². The maximum atomic E-state index is 14.6. The van der Waals surface area contributed by atoms with E-state index in [1.807, 2.05) is 6.07 Å². The van der Waals surface area contributed by atoms with Crippen LogP contribution < -0.4 is 0 Å². The molecule has 0 spiro atoms. The second-order valence-corrected chi connectivity index (χ2v) is 8.51. The van der Waals surface area contributed by atoms with Gasteiger partial charge in [-0.25, -0.2) is 8.78 Å². The zero-order chi connectivity index (χ0) is 18.1. The molecule has 1 atom stereocenters. The lowest BCUT2D eigenvalue weighted by molar-refractivity contribution is 0.170. The normalized spacial score (nSPS) is 35.0. The Bertz CT molecular complexity index is 648. The highest BCUT2D eigenvalue weighted by atomic mass is 19.2. The minimum atomic E-state index is -0.686. The van der Waals surface area contributed by atoms with Crippen molar-refractivity contribution in [2.24, 2.45) is 17.8 Å². The van der Waals surface area contributed by atoms with Gasteiger partial charge in [0.2, 0.25) is 0 Å². The molecular formula is C23H30F2O. The van der Waals surface area contributed by atoms with Crippen LogP contribution in [0.5, 0.6) is 0 Å². The molecule has 0 amide bonds. The summed E-state index contributed by atoms with van der Waals surface area (Å²) in [5.74, 6) is 1.26. The van der Waals surface area contributed by atoms with Gasteiger partial charge in [-0.05, 0) is 87.5 Å². The van der Waals surface area contributed by atoms with Gasteiger partial charge in [0.05, 0.1) is 6.61 Å². The van der Waals surface area contributed by atoms with Crippen molar-refractivity contribution >= 4 is 0 Å². The second-order valence-electron chi connectivity index (χ2n) is 8.51. The van der Waals surface area contributed by atoms with Crippen molar-refractivity contribution in [2.45, 2.75) is 70.3 Å². The lowest BCUT2D eigenvalue weighted by atomic mass is 9.68. The fourth-order valence-corrected chi connectivity index (χ4v) is 5.35. The summed E-state index contributed by atoms with van der Waals surface area (Å²) in [6, 6.07) is 3.54. The summed E-state index contributed by atoms with van der Waals surface area (Å²) in [5.41, 5.74) is 0.972. The SMILES string of the molecule is C/C=C/C1CCC(C2CCC(c3ccc(C4CO4)c(F)c3F)CC2)CC1. The van der Waals surface area contributed by atoms with Gasteiger partial charge >= 0.3 is 0 Å². The van der Waals surface area contributed by atoms with Gasteiger partial charge in [0.1, 0.15) is 6.10 Å². The van der Waals surface area contributed by atoms with E-state index >= 15 is 0 Å². The van der Waals surface area contributed by atoms with Crippen molar-refractivity contribution in [2.75, 3.05) is 6.61 Å². The summed E-state index contributed by atoms with van der Waals surface area (Å²) in [7, 11) is 0. The van der Waals surface area contributed by atoms with E-state index in [0.717, 1.165) is 43.4 Å². The average molecular weight is 360 g/mol. The number of halogens is 2. The smallest absolute Gasteiger partial charge is 0.165 e. The first-order chi connectivity index (χ1) is 12.7. The highest BCUT2D eigenvalue weighted by Crippen LogP contribution is 2.45. The van der Waals surface area contributed by atoms with Gasteiger partial charge in [0, 0.05) is 5.56 Å². The van der Waals surface area contributed by atoms with Crippen LogP contribution in [0.4, 0.5) is 8.78 Å². The van der Waals surface area contributed by atoms with E-state index in [0.29, 0.717) is 17.7 Å². The van der Waals surface area contributed by atoms with E-state index in [2.05, 4.69) is 19.1 Å². The molecule has 0 aromatic heterocycles. The Balaban J connectivity index is 1.35. The van der Waals surface area contributed by atoms with Crippen LogP contribution in [0, 0.1) is 29.4 Å². The van der Waals surface area contributed by atoms with Crippen molar-refractivity contribution < 1.29 is 13.5 Å². The standard InChI is InChI=1S/C23H30F2O/c1-2-3-15-4-6-16(7-5-15)17-8-10-18(11-9-17)19-12-13-20(21-14-26-21)23(25)22(19)24/h2-3,12-13,15-18,21H,4-11,14H2,1H3/b3-2+. The summed E-state index contributed by atoms with van der Waals surface area (Å²) in [4.78, 5) is 0. The quantitative estimate of drug-likeness (QED) is 0.430. The van der Waals surface area contributed by atoms with Crippen LogP contribution >= 0.6 is 0 Å². The minimum absolute atomic E-state index is 0.175. The maximum Gasteiger partial charge on any atom is 0.165 e. The van der Waals surface area contributed by atoms with Gasteiger partial charge in [0.15, 0.2) is 11.6 Å². The van der Waals surface area contributed by atoms with Crippen LogP contribution in [0.15, 0.2) is 24.3 Å². The molecule has 1 aromatic rings. The van der Waals surface area contributed by atoms with Gasteiger partial charge in [-0.2, -0.15) is 0 Å². The fourth-order valence-electron chi connectivity index (χ4n) is 5.35. The molecule has 1 aromatic carbocycles. The molecule has 1 heterocycles. The van der Waals surface area contributed by atoms with Crippen molar-refractivity contribution in [3.8, 4) is 0 Å². The lowest BCUT2D eigenvalue weighted by Crippen LogP contribution is -2.25. The van der Waals surface area contributed by atoms with Crippen LogP contribution in [0.3, 0.4) is 0 Å². The van der Waals surface area contributed by atoms with Crippen LogP contribution in [-0.4, -0.2) is 6.61 Å². The number of benzene rings is 1. The molecule has 3 heteroatoms. The minimum Gasteiger partial charge on any atom is -0.368 e. The molecule has 4 rings (SSSR count). The first-order valence-electron chi connectivity index (χ1n) is 10.4. The van der Waals surface area contributed by atoms with Gasteiger partial charge in [-0.15, -0.1) is 0 Å². The van der Waals surface area contributed by atoms with Gasteiger partial charge < -0.3 is 4.74 Å². The predicted molar refractivity (Wildman–Crippen MR) is 100 cm³/mol. The average Bonchev–Trinajstić information content (AvgIpc) is 3.50. The molecule has 2 saturated carbocycles. The Morgan fingerprint density at radius 2 is 1.38 bits per heavy atom. The fraction of sp³-hybridized carbons (Fsp3) is 0.652. The number of epoxide rings is 1. The molecule has 26 heavy (non-hydrogen) atoms. The zero-order valence-electron chi connectivity index (χ0n) is 15.7. The second kappa shape index (κ2) is 7.80. The summed E-state index contributed by atoms with van der Waals surface area (Å²) in [5, 5.41) is 0. The molecule has 1 nitrogen and oxygen atoms in total. The van der Waals surface area contributed by atoms with E-state index in [-0.39, 0.29) is 12.0 Å².